The van der Waals surface area contributed by atoms with Crippen LogP contribution in [0.3, 0.4) is 0 Å². The first-order valence-electron chi connectivity index (χ1n) is 12.7. The van der Waals surface area contributed by atoms with E-state index in [0.717, 1.165) is 5.56 Å². The van der Waals surface area contributed by atoms with Crippen molar-refractivity contribution in [3.63, 3.8) is 0 Å². The maximum Gasteiger partial charge on any atom is 0.248 e. The molecule has 8 heteroatoms. The molecule has 2 unspecified atom stereocenters. The molecule has 1 spiro atoms. The van der Waals surface area contributed by atoms with Crippen LogP contribution in [0.1, 0.15) is 38.3 Å². The molecule has 1 aromatic rings. The Labute approximate surface area is 213 Å². The molecule has 0 radical (unpaired) electrons. The van der Waals surface area contributed by atoms with Crippen molar-refractivity contribution in [2.24, 2.45) is 11.8 Å². The van der Waals surface area contributed by atoms with Crippen LogP contribution in [-0.4, -0.2) is 88.1 Å². The Balaban J connectivity index is 1.84. The first kappa shape index (κ1) is 26.1. The number of hydrogen-bond acceptors (Lipinski definition) is 5. The van der Waals surface area contributed by atoms with Gasteiger partial charge in [-0.3, -0.25) is 14.4 Å². The number of carbonyl (C=O) groups excluding carboxylic acids is 3. The summed E-state index contributed by atoms with van der Waals surface area (Å²) in [7, 11) is 1.69. The lowest BCUT2D eigenvalue weighted by atomic mass is 9.70. The third kappa shape index (κ3) is 3.96. The van der Waals surface area contributed by atoms with Crippen LogP contribution in [0.15, 0.2) is 55.6 Å². The van der Waals surface area contributed by atoms with E-state index in [4.69, 9.17) is 4.74 Å². The van der Waals surface area contributed by atoms with Crippen LogP contribution in [0, 0.1) is 11.8 Å². The highest BCUT2D eigenvalue weighted by atomic mass is 16.5. The third-order valence-corrected chi connectivity index (χ3v) is 7.96. The van der Waals surface area contributed by atoms with Gasteiger partial charge in [0.1, 0.15) is 11.6 Å². The Bertz CT molecular complexity index is 1030. The van der Waals surface area contributed by atoms with Crippen molar-refractivity contribution in [3.8, 4) is 0 Å². The zero-order valence-electron chi connectivity index (χ0n) is 21.4. The number of aliphatic hydroxyl groups excluding tert-OH is 1. The molecule has 3 aliphatic heterocycles. The Morgan fingerprint density at radius 2 is 1.86 bits per heavy atom. The van der Waals surface area contributed by atoms with Crippen LogP contribution >= 0.6 is 0 Å². The molecule has 3 fully saturated rings. The molecule has 3 heterocycles. The van der Waals surface area contributed by atoms with E-state index in [1.54, 1.807) is 29.0 Å². The number of aliphatic hydroxyl groups is 1. The van der Waals surface area contributed by atoms with E-state index < -0.39 is 35.6 Å². The lowest BCUT2D eigenvalue weighted by Gasteiger charge is -2.40. The highest BCUT2D eigenvalue weighted by molar-refractivity contribution is 5.99. The number of likely N-dealkylation sites (N-methyl/N-ethyl adjacent to an activating group) is 1. The second-order valence-corrected chi connectivity index (χ2v) is 10.3. The molecular weight excluding hydrogens is 458 g/mol. The fourth-order valence-corrected chi connectivity index (χ4v) is 6.41. The average Bonchev–Trinajstić information content (AvgIpc) is 3.50. The molecule has 6 atom stereocenters. The van der Waals surface area contributed by atoms with Gasteiger partial charge >= 0.3 is 0 Å². The van der Waals surface area contributed by atoms with Crippen LogP contribution in [0.25, 0.3) is 0 Å². The molecule has 1 N–H and O–H groups in total. The summed E-state index contributed by atoms with van der Waals surface area (Å²) in [5.41, 5.74) is -0.395. The van der Waals surface area contributed by atoms with Crippen LogP contribution in [0.4, 0.5) is 0 Å². The number of ether oxygens (including phenoxy) is 1. The second kappa shape index (κ2) is 10.2. The molecule has 0 saturated carbocycles. The number of likely N-dealkylation sites (tertiary alicyclic amines) is 1. The average molecular weight is 496 g/mol. The van der Waals surface area contributed by atoms with Gasteiger partial charge in [-0.15, -0.1) is 13.2 Å². The van der Waals surface area contributed by atoms with Gasteiger partial charge in [0, 0.05) is 26.2 Å². The van der Waals surface area contributed by atoms with Crippen molar-refractivity contribution in [2.75, 3.05) is 26.7 Å². The van der Waals surface area contributed by atoms with Crippen molar-refractivity contribution in [2.45, 2.75) is 56.5 Å². The zero-order valence-corrected chi connectivity index (χ0v) is 21.4. The number of amides is 3. The third-order valence-electron chi connectivity index (χ3n) is 7.96. The molecule has 2 bridgehead atoms. The van der Waals surface area contributed by atoms with E-state index in [0.29, 0.717) is 25.9 Å². The largest absolute Gasteiger partial charge is 0.394 e. The monoisotopic (exact) mass is 495 g/mol. The Hall–Kier alpha value is -2.97. The molecule has 194 valence electrons. The van der Waals surface area contributed by atoms with Crippen molar-refractivity contribution < 1.29 is 24.2 Å². The van der Waals surface area contributed by atoms with Gasteiger partial charge in [0.15, 0.2) is 0 Å². The highest BCUT2D eigenvalue weighted by Gasteiger charge is 2.75. The summed E-state index contributed by atoms with van der Waals surface area (Å²) in [5.74, 6) is -2.21. The van der Waals surface area contributed by atoms with Crippen LogP contribution in [0.5, 0.6) is 0 Å². The summed E-state index contributed by atoms with van der Waals surface area (Å²) < 4.78 is 6.53. The smallest absolute Gasteiger partial charge is 0.248 e. The summed E-state index contributed by atoms with van der Waals surface area (Å²) in [6.45, 7) is 11.7. The van der Waals surface area contributed by atoms with Crippen LogP contribution in [0.2, 0.25) is 0 Å². The molecule has 0 aliphatic carbocycles. The van der Waals surface area contributed by atoms with Gasteiger partial charge in [-0.25, -0.2) is 0 Å². The van der Waals surface area contributed by atoms with Crippen molar-refractivity contribution >= 4 is 17.7 Å². The maximum atomic E-state index is 14.3. The predicted molar refractivity (Wildman–Crippen MR) is 136 cm³/mol. The predicted octanol–water partition coefficient (Wildman–Crippen LogP) is 2.16. The van der Waals surface area contributed by atoms with Crippen LogP contribution in [-0.2, 0) is 19.1 Å². The number of nitrogens with zero attached hydrogens (tertiary/aromatic N) is 3. The molecule has 3 aliphatic rings. The van der Waals surface area contributed by atoms with E-state index in [-0.39, 0.29) is 30.4 Å². The second-order valence-electron chi connectivity index (χ2n) is 10.3. The molecule has 3 saturated heterocycles. The lowest BCUT2D eigenvalue weighted by Crippen LogP contribution is -2.58. The van der Waals surface area contributed by atoms with E-state index in [1.807, 2.05) is 44.2 Å². The zero-order chi connectivity index (χ0) is 26.2. The van der Waals surface area contributed by atoms with Crippen molar-refractivity contribution in [1.82, 2.24) is 14.7 Å². The first-order chi connectivity index (χ1) is 17.2. The maximum absolute atomic E-state index is 14.3. The topological polar surface area (TPSA) is 90.4 Å². The van der Waals surface area contributed by atoms with Gasteiger partial charge in [0.2, 0.25) is 17.7 Å². The molecule has 4 rings (SSSR count). The van der Waals surface area contributed by atoms with Gasteiger partial charge in [-0.05, 0) is 32.3 Å². The standard InChI is InChI=1S/C28H37N3O5/c1-6-15-29(5)25(33)22-21-13-14-28(36-21)23(22)26(34)31(20(17-32)19-11-9-8-10-12-19)24(28)27(35)30(16-7-2)18(3)4/h6-12,18,20-24,32H,1-2,13-17H2,3-5H3/t20-,21+,22-,23+,24?,28?/m1/s1. The lowest BCUT2D eigenvalue weighted by molar-refractivity contribution is -0.152. The normalized spacial score (nSPS) is 29.2. The molecule has 0 aromatic heterocycles. The van der Waals surface area contributed by atoms with Gasteiger partial charge in [0.05, 0.1) is 30.6 Å². The number of carbonyl (C=O) groups is 3. The van der Waals surface area contributed by atoms with E-state index in [1.165, 1.54) is 4.90 Å². The number of hydrogen-bond donors (Lipinski definition) is 1. The molecular formula is C28H37N3O5. The Morgan fingerprint density at radius 1 is 1.19 bits per heavy atom. The minimum absolute atomic E-state index is 0.137. The van der Waals surface area contributed by atoms with E-state index >= 15 is 0 Å². The van der Waals surface area contributed by atoms with Crippen LogP contribution < -0.4 is 0 Å². The van der Waals surface area contributed by atoms with E-state index in [9.17, 15) is 19.5 Å². The summed E-state index contributed by atoms with van der Waals surface area (Å²) in [4.78, 5) is 46.8. The van der Waals surface area contributed by atoms with E-state index in [2.05, 4.69) is 13.2 Å². The minimum atomic E-state index is -1.12. The Morgan fingerprint density at radius 3 is 2.44 bits per heavy atom. The Kier molecular flexibility index (Phi) is 7.38. The summed E-state index contributed by atoms with van der Waals surface area (Å²) in [6, 6.07) is 7.38. The van der Waals surface area contributed by atoms with Gasteiger partial charge in [-0.1, -0.05) is 42.5 Å². The SMILES string of the molecule is C=CCN(C)C(=O)[C@@H]1[C@@H]2CCC3(O2)C(C(=O)N(CC=C)C(C)C)N([C@H](CO)c2ccccc2)C(=O)[C@H]13. The van der Waals surface area contributed by atoms with Gasteiger partial charge < -0.3 is 24.5 Å². The molecule has 36 heavy (non-hydrogen) atoms. The molecule has 1 aromatic carbocycles. The fourth-order valence-electron chi connectivity index (χ4n) is 6.41. The quantitative estimate of drug-likeness (QED) is 0.503. The highest BCUT2D eigenvalue weighted by Crippen LogP contribution is 2.60. The molecule has 8 nitrogen and oxygen atoms in total. The van der Waals surface area contributed by atoms with Crippen molar-refractivity contribution in [3.05, 3.63) is 61.2 Å². The molecule has 3 amide bonds. The summed E-state index contributed by atoms with van der Waals surface area (Å²) >= 11 is 0. The number of fused-ring (bicyclic) bond motifs is 1. The van der Waals surface area contributed by atoms with Crippen molar-refractivity contribution in [1.29, 1.82) is 0 Å². The minimum Gasteiger partial charge on any atom is -0.394 e. The fraction of sp³-hybridized carbons (Fsp3) is 0.536. The van der Waals surface area contributed by atoms with Gasteiger partial charge in [-0.2, -0.15) is 0 Å². The summed E-state index contributed by atoms with van der Waals surface area (Å²) in [5, 5.41) is 10.5. The number of rotatable bonds is 10. The van der Waals surface area contributed by atoms with Gasteiger partial charge in [0.25, 0.3) is 0 Å². The first-order valence-corrected chi connectivity index (χ1v) is 12.7. The number of benzene rings is 1. The summed E-state index contributed by atoms with van der Waals surface area (Å²) in [6.07, 6.45) is 3.98.